The smallest absolute Gasteiger partial charge is 0.232 e. The number of hydrogen-bond donors (Lipinski definition) is 1. The maximum atomic E-state index is 11.9. The normalized spacial score (nSPS) is 13.1. The molecule has 1 aromatic carbocycles. The van der Waals surface area contributed by atoms with Gasteiger partial charge >= 0.3 is 0 Å². The molecule has 0 aliphatic heterocycles. The van der Waals surface area contributed by atoms with Gasteiger partial charge in [0.05, 0.1) is 11.4 Å². The van der Waals surface area contributed by atoms with E-state index in [2.05, 4.69) is 14.8 Å². The van der Waals surface area contributed by atoms with Crippen molar-refractivity contribution in [3.8, 4) is 5.69 Å². The third-order valence-corrected chi connectivity index (χ3v) is 4.58. The molecule has 0 saturated carbocycles. The fourth-order valence-corrected chi connectivity index (χ4v) is 3.30. The molecule has 20 heavy (non-hydrogen) atoms. The maximum absolute atomic E-state index is 11.9. The van der Waals surface area contributed by atoms with Gasteiger partial charge in [0.2, 0.25) is 10.0 Å². The van der Waals surface area contributed by atoms with Crippen LogP contribution in [0.15, 0.2) is 36.9 Å². The SMILES string of the molecule is CC[C@@H](C)CS(=O)(=O)Nc1ccc(-n2cncn2)cc1. The van der Waals surface area contributed by atoms with Gasteiger partial charge in [-0.2, -0.15) is 5.10 Å². The van der Waals surface area contributed by atoms with Crippen molar-refractivity contribution in [3.63, 3.8) is 0 Å². The first-order valence-electron chi connectivity index (χ1n) is 6.45. The van der Waals surface area contributed by atoms with Crippen LogP contribution in [0.1, 0.15) is 20.3 Å². The van der Waals surface area contributed by atoms with Gasteiger partial charge < -0.3 is 0 Å². The molecule has 108 valence electrons. The lowest BCUT2D eigenvalue weighted by molar-refractivity contribution is 0.568. The number of rotatable bonds is 6. The van der Waals surface area contributed by atoms with Crippen molar-refractivity contribution in [1.82, 2.24) is 14.8 Å². The molecular formula is C13H18N4O2S. The molecule has 1 atom stereocenters. The summed E-state index contributed by atoms with van der Waals surface area (Å²) in [4.78, 5) is 3.86. The Morgan fingerprint density at radius 1 is 1.30 bits per heavy atom. The van der Waals surface area contributed by atoms with Crippen LogP contribution < -0.4 is 4.72 Å². The second-order valence-electron chi connectivity index (χ2n) is 4.78. The van der Waals surface area contributed by atoms with Crippen molar-refractivity contribution >= 4 is 15.7 Å². The number of aromatic nitrogens is 3. The Hall–Kier alpha value is -1.89. The lowest BCUT2D eigenvalue weighted by Gasteiger charge is -2.12. The Kier molecular flexibility index (Phi) is 4.39. The van der Waals surface area contributed by atoms with Crippen molar-refractivity contribution in [2.45, 2.75) is 20.3 Å². The van der Waals surface area contributed by atoms with Gasteiger partial charge in [-0.3, -0.25) is 4.72 Å². The molecule has 1 N–H and O–H groups in total. The molecule has 0 amide bonds. The van der Waals surface area contributed by atoms with Crippen molar-refractivity contribution < 1.29 is 8.42 Å². The first kappa shape index (κ1) is 14.5. The zero-order chi connectivity index (χ0) is 14.6. The fraction of sp³-hybridized carbons (Fsp3) is 0.385. The fourth-order valence-electron chi connectivity index (χ4n) is 1.74. The summed E-state index contributed by atoms with van der Waals surface area (Å²) in [5.74, 6) is 0.274. The van der Waals surface area contributed by atoms with E-state index in [1.165, 1.54) is 6.33 Å². The minimum atomic E-state index is -3.30. The molecule has 1 heterocycles. The third kappa shape index (κ3) is 3.80. The maximum Gasteiger partial charge on any atom is 0.232 e. The molecule has 2 aromatic rings. The molecule has 6 nitrogen and oxygen atoms in total. The Balaban J connectivity index is 2.07. The highest BCUT2D eigenvalue weighted by atomic mass is 32.2. The number of sulfonamides is 1. The molecule has 0 aliphatic carbocycles. The standard InChI is InChI=1S/C13H18N4O2S/c1-3-11(2)8-20(18,19)16-12-4-6-13(7-5-12)17-10-14-9-15-17/h4-7,9-11,16H,3,8H2,1-2H3/t11-/m1/s1. The zero-order valence-electron chi connectivity index (χ0n) is 11.5. The van der Waals surface area contributed by atoms with Crippen molar-refractivity contribution in [2.24, 2.45) is 5.92 Å². The molecule has 0 saturated heterocycles. The van der Waals surface area contributed by atoms with E-state index in [0.717, 1.165) is 12.1 Å². The predicted octanol–water partition coefficient (Wildman–Crippen LogP) is 2.06. The molecule has 0 unspecified atom stereocenters. The highest BCUT2D eigenvalue weighted by molar-refractivity contribution is 7.92. The van der Waals surface area contributed by atoms with Crippen LogP contribution in [0.4, 0.5) is 5.69 Å². The number of nitrogens with one attached hydrogen (secondary N) is 1. The van der Waals surface area contributed by atoms with E-state index in [9.17, 15) is 8.42 Å². The molecule has 0 aliphatic rings. The summed E-state index contributed by atoms with van der Waals surface area (Å²) < 4.78 is 28.1. The summed E-state index contributed by atoms with van der Waals surface area (Å²) in [6.07, 6.45) is 3.87. The first-order chi connectivity index (χ1) is 9.50. The minimum absolute atomic E-state index is 0.133. The number of benzene rings is 1. The van der Waals surface area contributed by atoms with Crippen LogP contribution in [-0.4, -0.2) is 28.9 Å². The van der Waals surface area contributed by atoms with Gasteiger partial charge in [0.25, 0.3) is 0 Å². The minimum Gasteiger partial charge on any atom is -0.284 e. The monoisotopic (exact) mass is 294 g/mol. The van der Waals surface area contributed by atoms with Crippen LogP contribution in [0.3, 0.4) is 0 Å². The predicted molar refractivity (Wildman–Crippen MR) is 78.2 cm³/mol. The Bertz CT molecular complexity index is 636. The van der Waals surface area contributed by atoms with E-state index in [0.29, 0.717) is 5.69 Å². The molecule has 0 radical (unpaired) electrons. The summed E-state index contributed by atoms with van der Waals surface area (Å²) in [5.41, 5.74) is 1.38. The van der Waals surface area contributed by atoms with Crippen molar-refractivity contribution in [3.05, 3.63) is 36.9 Å². The highest BCUT2D eigenvalue weighted by Gasteiger charge is 2.14. The lowest BCUT2D eigenvalue weighted by Crippen LogP contribution is -2.21. The second-order valence-corrected chi connectivity index (χ2v) is 6.55. The van der Waals surface area contributed by atoms with E-state index < -0.39 is 10.0 Å². The van der Waals surface area contributed by atoms with Gasteiger partial charge in [0.1, 0.15) is 12.7 Å². The molecule has 1 aromatic heterocycles. The van der Waals surface area contributed by atoms with Gasteiger partial charge in [-0.15, -0.1) is 0 Å². The molecule has 0 fully saturated rings. The number of nitrogens with zero attached hydrogens (tertiary/aromatic N) is 3. The van der Waals surface area contributed by atoms with Crippen LogP contribution in [0.5, 0.6) is 0 Å². The Morgan fingerprint density at radius 3 is 2.55 bits per heavy atom. The Morgan fingerprint density at radius 2 is 2.00 bits per heavy atom. The summed E-state index contributed by atoms with van der Waals surface area (Å²) in [7, 11) is -3.30. The van der Waals surface area contributed by atoms with Crippen LogP contribution >= 0.6 is 0 Å². The summed E-state index contributed by atoms with van der Waals surface area (Å²) in [6.45, 7) is 3.90. The summed E-state index contributed by atoms with van der Waals surface area (Å²) in [5, 5.41) is 4.01. The largest absolute Gasteiger partial charge is 0.284 e. The van der Waals surface area contributed by atoms with Crippen molar-refractivity contribution in [1.29, 1.82) is 0 Å². The average molecular weight is 294 g/mol. The molecular weight excluding hydrogens is 276 g/mol. The van der Waals surface area contributed by atoms with Gasteiger partial charge in [0, 0.05) is 5.69 Å². The quantitative estimate of drug-likeness (QED) is 0.884. The van der Waals surface area contributed by atoms with Gasteiger partial charge in [-0.25, -0.2) is 18.1 Å². The van der Waals surface area contributed by atoms with Gasteiger partial charge in [-0.1, -0.05) is 20.3 Å². The molecule has 2 rings (SSSR count). The van der Waals surface area contributed by atoms with E-state index in [1.54, 1.807) is 35.3 Å². The van der Waals surface area contributed by atoms with Crippen LogP contribution in [0, 0.1) is 5.92 Å². The molecule has 0 spiro atoms. The van der Waals surface area contributed by atoms with Crippen LogP contribution in [-0.2, 0) is 10.0 Å². The second kappa shape index (κ2) is 6.04. The zero-order valence-corrected chi connectivity index (χ0v) is 12.3. The molecule has 7 heteroatoms. The lowest BCUT2D eigenvalue weighted by atomic mass is 10.2. The number of hydrogen-bond acceptors (Lipinski definition) is 4. The third-order valence-electron chi connectivity index (χ3n) is 3.02. The van der Waals surface area contributed by atoms with Gasteiger partial charge in [0.15, 0.2) is 0 Å². The highest BCUT2D eigenvalue weighted by Crippen LogP contribution is 2.15. The van der Waals surface area contributed by atoms with Gasteiger partial charge in [-0.05, 0) is 30.2 Å². The Labute approximate surface area is 118 Å². The van der Waals surface area contributed by atoms with Crippen molar-refractivity contribution in [2.75, 3.05) is 10.5 Å². The van der Waals surface area contributed by atoms with Crippen LogP contribution in [0.25, 0.3) is 5.69 Å². The first-order valence-corrected chi connectivity index (χ1v) is 8.11. The summed E-state index contributed by atoms with van der Waals surface area (Å²) >= 11 is 0. The van der Waals surface area contributed by atoms with Crippen LogP contribution in [0.2, 0.25) is 0 Å². The van der Waals surface area contributed by atoms with E-state index in [4.69, 9.17) is 0 Å². The van der Waals surface area contributed by atoms with E-state index in [-0.39, 0.29) is 11.7 Å². The summed E-state index contributed by atoms with van der Waals surface area (Å²) in [6, 6.07) is 7.00. The average Bonchev–Trinajstić information content (AvgIpc) is 2.92. The number of anilines is 1. The topological polar surface area (TPSA) is 76.9 Å². The molecule has 0 bridgehead atoms. The van der Waals surface area contributed by atoms with E-state index in [1.807, 2.05) is 13.8 Å². The van der Waals surface area contributed by atoms with E-state index >= 15 is 0 Å².